The molecule has 2 aromatic rings. The van der Waals surface area contributed by atoms with Crippen LogP contribution in [0, 0.1) is 27.7 Å². The number of rotatable bonds is 0. The van der Waals surface area contributed by atoms with Gasteiger partial charge in [-0.2, -0.15) is 0 Å². The molecule has 3 aliphatic rings. The summed E-state index contributed by atoms with van der Waals surface area (Å²) >= 11 is -0.686. The van der Waals surface area contributed by atoms with Gasteiger partial charge in [0.1, 0.15) is 0 Å². The summed E-state index contributed by atoms with van der Waals surface area (Å²) in [6.45, 7) is 14.4. The minimum Gasteiger partial charge on any atom is -1.00 e. The van der Waals surface area contributed by atoms with Gasteiger partial charge in [0.05, 0.1) is 0 Å². The number of allylic oxidation sites excluding steroid dienone is 2. The largest absolute Gasteiger partial charge is 1.00 e. The maximum Gasteiger partial charge on any atom is -1.00 e. The van der Waals surface area contributed by atoms with E-state index < -0.39 is 31.3 Å². The van der Waals surface area contributed by atoms with Gasteiger partial charge in [0.2, 0.25) is 0 Å². The fourth-order valence-electron chi connectivity index (χ4n) is 5.28. The Labute approximate surface area is 194 Å². The van der Waals surface area contributed by atoms with Crippen LogP contribution in [0.1, 0.15) is 48.1 Å². The van der Waals surface area contributed by atoms with Crippen LogP contribution in [0.15, 0.2) is 35.5 Å². The maximum absolute atomic E-state index is 2.66. The van der Waals surface area contributed by atoms with Gasteiger partial charge < -0.3 is 24.8 Å². The van der Waals surface area contributed by atoms with E-state index >= 15 is 0 Å². The Morgan fingerprint density at radius 1 is 0.821 bits per heavy atom. The number of halogens is 2. The molecule has 1 heterocycles. The molecule has 0 amide bonds. The molecule has 1 spiro atoms. The molecule has 2 aromatic carbocycles. The van der Waals surface area contributed by atoms with Crippen molar-refractivity contribution in [2.45, 2.75) is 47.2 Å². The summed E-state index contributed by atoms with van der Waals surface area (Å²) in [7, 11) is -1.56. The van der Waals surface area contributed by atoms with Crippen molar-refractivity contribution in [3.63, 3.8) is 0 Å². The number of fused-ring (bicyclic) bond motifs is 5. The van der Waals surface area contributed by atoms with E-state index in [1.54, 1.807) is 11.1 Å². The topological polar surface area (TPSA) is 0 Å². The summed E-state index contributed by atoms with van der Waals surface area (Å²) in [6.07, 6.45) is 7.73. The first-order chi connectivity index (χ1) is 12.2. The van der Waals surface area contributed by atoms with Crippen LogP contribution < -0.4 is 24.8 Å². The third-order valence-corrected chi connectivity index (χ3v) is 22.2. The van der Waals surface area contributed by atoms with Crippen LogP contribution in [0.3, 0.4) is 0 Å². The molecule has 144 valence electrons. The van der Waals surface area contributed by atoms with Crippen molar-refractivity contribution in [3.8, 4) is 0 Å². The van der Waals surface area contributed by atoms with E-state index in [0.29, 0.717) is 2.75 Å². The van der Waals surface area contributed by atoms with Crippen molar-refractivity contribution >= 4 is 20.2 Å². The standard InChI is InChI=1S/C24H26Si.2ClH.Zr/c1-15-9-19-7-8-24(23(19)12-18(15)4)25(5,6)22-13-20-10-16(2)17(3)11-21(20)14-22;;;/h7-14H,1-6H3;2*1H;/q;;;+2/p-2. The fourth-order valence-corrected chi connectivity index (χ4v) is 20.6. The normalized spacial score (nSPS) is 24.4. The molecule has 1 aliphatic heterocycles. The molecule has 2 unspecified atom stereocenters. The molecule has 2 atom stereocenters. The summed E-state index contributed by atoms with van der Waals surface area (Å²) in [5.41, 5.74) is 12.2. The van der Waals surface area contributed by atoms with Gasteiger partial charge in [-0.3, -0.25) is 0 Å². The van der Waals surface area contributed by atoms with Crippen LogP contribution in [0.2, 0.25) is 13.1 Å². The molecule has 4 heteroatoms. The molecule has 0 aromatic heterocycles. The zero-order valence-electron chi connectivity index (χ0n) is 17.4. The quantitative estimate of drug-likeness (QED) is 0.449. The van der Waals surface area contributed by atoms with Gasteiger partial charge in [0, 0.05) is 0 Å². The minimum atomic E-state index is -1.56. The molecule has 0 bridgehead atoms. The predicted molar refractivity (Wildman–Crippen MR) is 111 cm³/mol. The SMILES string of the molecule is Cc1cc2c(cc1C)[CH]1[Zr+2][C]3(C=Cc4cc(C)c(C)cc43)[Si](C)(C)C1=C2.[Cl-].[Cl-]. The summed E-state index contributed by atoms with van der Waals surface area (Å²) < 4.78 is 1.24. The molecule has 1 saturated heterocycles. The van der Waals surface area contributed by atoms with Crippen LogP contribution in [-0.2, 0) is 26.0 Å². The van der Waals surface area contributed by atoms with Gasteiger partial charge >= 0.3 is 171 Å². The van der Waals surface area contributed by atoms with Gasteiger partial charge in [0.25, 0.3) is 0 Å². The Morgan fingerprint density at radius 2 is 1.39 bits per heavy atom. The Bertz CT molecular complexity index is 1050. The van der Waals surface area contributed by atoms with E-state index in [-0.39, 0.29) is 24.8 Å². The first-order valence-corrected chi connectivity index (χ1v) is 15.3. The molecule has 5 rings (SSSR count). The second-order valence-electron chi connectivity index (χ2n) is 9.03. The van der Waals surface area contributed by atoms with Crippen molar-refractivity contribution in [3.05, 3.63) is 80.0 Å². The number of hydrogen-bond acceptors (Lipinski definition) is 0. The van der Waals surface area contributed by atoms with Crippen molar-refractivity contribution < 1.29 is 48.0 Å². The summed E-state index contributed by atoms with van der Waals surface area (Å²) in [6, 6.07) is 9.94. The number of hydrogen-bond donors (Lipinski definition) is 0. The molecule has 2 aliphatic carbocycles. The molecule has 0 N–H and O–H groups in total. The van der Waals surface area contributed by atoms with E-state index in [2.05, 4.69) is 83.3 Å². The van der Waals surface area contributed by atoms with E-state index in [4.69, 9.17) is 0 Å². The van der Waals surface area contributed by atoms with Crippen molar-refractivity contribution in [2.75, 3.05) is 0 Å². The Kier molecular flexibility index (Phi) is 5.64. The smallest absolute Gasteiger partial charge is 1.00 e. The zero-order chi connectivity index (χ0) is 18.4. The number of aryl methyl sites for hydroxylation is 4. The van der Waals surface area contributed by atoms with E-state index in [9.17, 15) is 0 Å². The summed E-state index contributed by atoms with van der Waals surface area (Å²) in [4.78, 5) is 0. The molecule has 0 saturated carbocycles. The van der Waals surface area contributed by atoms with Crippen molar-refractivity contribution in [1.82, 2.24) is 0 Å². The van der Waals surface area contributed by atoms with Crippen LogP contribution in [0.25, 0.3) is 12.2 Å². The molecule has 1 fully saturated rings. The van der Waals surface area contributed by atoms with Gasteiger partial charge in [-0.1, -0.05) is 0 Å². The molecular formula is C24H26Cl2SiZr. The van der Waals surface area contributed by atoms with Crippen LogP contribution in [0.5, 0.6) is 0 Å². The van der Waals surface area contributed by atoms with Crippen molar-refractivity contribution in [2.24, 2.45) is 0 Å². The summed E-state index contributed by atoms with van der Waals surface area (Å²) in [5.74, 6) is 0. The minimum absolute atomic E-state index is 0. The Balaban J connectivity index is 0.00000112. The van der Waals surface area contributed by atoms with Crippen LogP contribution in [0.4, 0.5) is 0 Å². The maximum atomic E-state index is 2.66. The van der Waals surface area contributed by atoms with E-state index in [0.717, 1.165) is 3.63 Å². The monoisotopic (exact) mass is 502 g/mol. The van der Waals surface area contributed by atoms with Gasteiger partial charge in [-0.05, 0) is 0 Å². The average Bonchev–Trinajstić information content (AvgIpc) is 3.16. The first kappa shape index (κ1) is 22.3. The average molecular weight is 505 g/mol. The van der Waals surface area contributed by atoms with E-state index in [1.807, 2.05) is 5.20 Å². The Hall–Kier alpha value is -0.400. The second-order valence-corrected chi connectivity index (χ2v) is 18.9. The third kappa shape index (κ3) is 2.71. The van der Waals surface area contributed by atoms with E-state index in [1.165, 1.54) is 33.4 Å². The molecule has 0 radical (unpaired) electrons. The first-order valence-electron chi connectivity index (χ1n) is 9.66. The van der Waals surface area contributed by atoms with Gasteiger partial charge in [0.15, 0.2) is 0 Å². The van der Waals surface area contributed by atoms with Gasteiger partial charge in [-0.25, -0.2) is 0 Å². The predicted octanol–water partition coefficient (Wildman–Crippen LogP) is 0.172. The summed E-state index contributed by atoms with van der Waals surface area (Å²) in [5, 5.41) is 1.85. The Morgan fingerprint density at radius 3 is 2.07 bits per heavy atom. The van der Waals surface area contributed by atoms with Crippen LogP contribution >= 0.6 is 0 Å². The van der Waals surface area contributed by atoms with Gasteiger partial charge in [-0.15, -0.1) is 0 Å². The van der Waals surface area contributed by atoms with Crippen LogP contribution in [-0.4, -0.2) is 8.07 Å². The molecule has 0 nitrogen and oxygen atoms in total. The third-order valence-electron chi connectivity index (χ3n) is 7.32. The molecular weight excluding hydrogens is 478 g/mol. The second kappa shape index (κ2) is 7.09. The van der Waals surface area contributed by atoms with Crippen molar-refractivity contribution in [1.29, 1.82) is 0 Å². The number of benzene rings is 2. The molecule has 28 heavy (non-hydrogen) atoms. The zero-order valence-corrected chi connectivity index (χ0v) is 22.3. The fraction of sp³-hybridized carbons (Fsp3) is 0.333.